The standard InChI is InChI=1S/C20H34N2O2/c1-16(2)6-5-15-24-19-9-13-22(14-10-19)20(23)18-7-11-21(12-8-18)17(3)4/h16-19H,7-15H2,1-4H3. The first kappa shape index (κ1) is 19.3. The van der Waals surface area contributed by atoms with E-state index >= 15 is 0 Å². The van der Waals surface area contributed by atoms with Gasteiger partial charge in [-0.05, 0) is 52.6 Å². The lowest BCUT2D eigenvalue weighted by molar-refractivity contribution is -0.139. The molecule has 24 heavy (non-hydrogen) atoms. The Kier molecular flexibility index (Phi) is 7.58. The molecule has 0 saturated carbocycles. The molecule has 0 aromatic rings. The highest BCUT2D eigenvalue weighted by molar-refractivity contribution is 5.79. The fraction of sp³-hybridized carbons (Fsp3) is 0.850. The topological polar surface area (TPSA) is 32.8 Å². The van der Waals surface area contributed by atoms with Crippen LogP contribution in [0.2, 0.25) is 0 Å². The first-order valence-electron chi connectivity index (χ1n) is 9.60. The Bertz CT molecular complexity index is 448. The zero-order valence-electron chi connectivity index (χ0n) is 15.9. The summed E-state index contributed by atoms with van der Waals surface area (Å²) < 4.78 is 5.83. The van der Waals surface area contributed by atoms with E-state index in [-0.39, 0.29) is 12.0 Å². The number of carbonyl (C=O) groups is 1. The van der Waals surface area contributed by atoms with Crippen molar-refractivity contribution in [3.8, 4) is 11.8 Å². The number of amides is 1. The number of likely N-dealkylation sites (tertiary alicyclic amines) is 2. The lowest BCUT2D eigenvalue weighted by Crippen LogP contribution is -2.47. The predicted molar refractivity (Wildman–Crippen MR) is 97.6 cm³/mol. The first-order valence-corrected chi connectivity index (χ1v) is 9.60. The van der Waals surface area contributed by atoms with Gasteiger partial charge in [0.15, 0.2) is 0 Å². The van der Waals surface area contributed by atoms with E-state index in [9.17, 15) is 4.79 Å². The maximum absolute atomic E-state index is 12.7. The quantitative estimate of drug-likeness (QED) is 0.741. The van der Waals surface area contributed by atoms with Crippen LogP contribution in [0.3, 0.4) is 0 Å². The van der Waals surface area contributed by atoms with Crippen LogP contribution in [-0.2, 0) is 9.53 Å². The van der Waals surface area contributed by atoms with Gasteiger partial charge >= 0.3 is 0 Å². The van der Waals surface area contributed by atoms with Gasteiger partial charge in [0.2, 0.25) is 5.91 Å². The Hall–Kier alpha value is -1.05. The minimum absolute atomic E-state index is 0.231. The largest absolute Gasteiger partial charge is 0.365 e. The zero-order valence-corrected chi connectivity index (χ0v) is 15.9. The van der Waals surface area contributed by atoms with Gasteiger partial charge in [0.05, 0.1) is 6.10 Å². The van der Waals surface area contributed by atoms with E-state index in [1.165, 1.54) is 0 Å². The summed E-state index contributed by atoms with van der Waals surface area (Å²) in [5.41, 5.74) is 0. The molecule has 0 aliphatic carbocycles. The molecular weight excluding hydrogens is 300 g/mol. The van der Waals surface area contributed by atoms with Crippen LogP contribution < -0.4 is 0 Å². The molecule has 2 rings (SSSR count). The van der Waals surface area contributed by atoms with Gasteiger partial charge in [-0.1, -0.05) is 25.7 Å². The summed E-state index contributed by atoms with van der Waals surface area (Å²) in [6.45, 7) is 13.0. The molecule has 0 unspecified atom stereocenters. The van der Waals surface area contributed by atoms with Crippen molar-refractivity contribution in [2.45, 2.75) is 65.5 Å². The molecule has 2 fully saturated rings. The molecule has 136 valence electrons. The van der Waals surface area contributed by atoms with Crippen LogP contribution in [0.1, 0.15) is 53.4 Å². The van der Waals surface area contributed by atoms with E-state index in [1.807, 2.05) is 0 Å². The number of carbonyl (C=O) groups excluding carboxylic acids is 1. The Morgan fingerprint density at radius 1 is 1.04 bits per heavy atom. The Morgan fingerprint density at radius 2 is 1.67 bits per heavy atom. The van der Waals surface area contributed by atoms with Crippen molar-refractivity contribution in [1.82, 2.24) is 9.80 Å². The first-order chi connectivity index (χ1) is 11.5. The minimum atomic E-state index is 0.231. The van der Waals surface area contributed by atoms with Gasteiger partial charge in [0.1, 0.15) is 6.61 Å². The second-order valence-corrected chi connectivity index (χ2v) is 7.72. The van der Waals surface area contributed by atoms with Gasteiger partial charge in [0, 0.05) is 31.0 Å². The Morgan fingerprint density at radius 3 is 2.21 bits per heavy atom. The number of ether oxygens (including phenoxy) is 1. The van der Waals surface area contributed by atoms with Crippen molar-refractivity contribution < 1.29 is 9.53 Å². The van der Waals surface area contributed by atoms with Crippen LogP contribution in [-0.4, -0.2) is 60.6 Å². The summed E-state index contributed by atoms with van der Waals surface area (Å²) in [5.74, 6) is 7.20. The number of piperidine rings is 2. The van der Waals surface area contributed by atoms with Crippen molar-refractivity contribution >= 4 is 5.91 Å². The lowest BCUT2D eigenvalue weighted by atomic mass is 9.93. The molecule has 2 aliphatic rings. The maximum Gasteiger partial charge on any atom is 0.225 e. The molecule has 4 heteroatoms. The van der Waals surface area contributed by atoms with E-state index in [2.05, 4.69) is 49.3 Å². The third-order valence-corrected chi connectivity index (χ3v) is 5.14. The highest BCUT2D eigenvalue weighted by Gasteiger charge is 2.31. The van der Waals surface area contributed by atoms with Crippen LogP contribution in [0.15, 0.2) is 0 Å². The van der Waals surface area contributed by atoms with E-state index in [4.69, 9.17) is 4.74 Å². The number of rotatable bonds is 4. The third kappa shape index (κ3) is 5.79. The fourth-order valence-corrected chi connectivity index (χ4v) is 3.57. The van der Waals surface area contributed by atoms with Crippen molar-refractivity contribution in [1.29, 1.82) is 0 Å². The smallest absolute Gasteiger partial charge is 0.225 e. The van der Waals surface area contributed by atoms with E-state index < -0.39 is 0 Å². The van der Waals surface area contributed by atoms with Gasteiger partial charge < -0.3 is 14.5 Å². The SMILES string of the molecule is CC(C)C#CCOC1CCN(C(=O)C2CCN(C(C)C)CC2)CC1. The highest BCUT2D eigenvalue weighted by Crippen LogP contribution is 2.23. The average Bonchev–Trinajstić information content (AvgIpc) is 2.58. The molecule has 0 aromatic heterocycles. The summed E-state index contributed by atoms with van der Waals surface area (Å²) in [6.07, 6.45) is 4.18. The Labute approximate surface area is 147 Å². The molecule has 4 nitrogen and oxygen atoms in total. The zero-order chi connectivity index (χ0) is 17.5. The van der Waals surface area contributed by atoms with Gasteiger partial charge in [-0.15, -0.1) is 0 Å². The van der Waals surface area contributed by atoms with Crippen molar-refractivity contribution in [2.75, 3.05) is 32.8 Å². The van der Waals surface area contributed by atoms with Gasteiger partial charge in [0.25, 0.3) is 0 Å². The van der Waals surface area contributed by atoms with Gasteiger partial charge in [-0.25, -0.2) is 0 Å². The van der Waals surface area contributed by atoms with Crippen molar-refractivity contribution in [2.24, 2.45) is 11.8 Å². The van der Waals surface area contributed by atoms with Crippen LogP contribution >= 0.6 is 0 Å². The van der Waals surface area contributed by atoms with Gasteiger partial charge in [-0.2, -0.15) is 0 Å². The molecule has 0 N–H and O–H groups in total. The molecule has 0 atom stereocenters. The molecule has 0 spiro atoms. The van der Waals surface area contributed by atoms with Crippen LogP contribution in [0.5, 0.6) is 0 Å². The van der Waals surface area contributed by atoms with Crippen LogP contribution in [0.4, 0.5) is 0 Å². The minimum Gasteiger partial charge on any atom is -0.365 e. The summed E-state index contributed by atoms with van der Waals surface area (Å²) in [4.78, 5) is 17.3. The van der Waals surface area contributed by atoms with Crippen molar-refractivity contribution in [3.05, 3.63) is 0 Å². The van der Waals surface area contributed by atoms with Crippen molar-refractivity contribution in [3.63, 3.8) is 0 Å². The summed E-state index contributed by atoms with van der Waals surface area (Å²) in [6, 6.07) is 0.591. The summed E-state index contributed by atoms with van der Waals surface area (Å²) >= 11 is 0. The number of nitrogens with zero attached hydrogens (tertiary/aromatic N) is 2. The third-order valence-electron chi connectivity index (χ3n) is 5.14. The molecule has 0 aromatic carbocycles. The van der Waals surface area contributed by atoms with Crippen LogP contribution in [0.25, 0.3) is 0 Å². The van der Waals surface area contributed by atoms with E-state index in [0.29, 0.717) is 24.5 Å². The Balaban J connectivity index is 1.69. The fourth-order valence-electron chi connectivity index (χ4n) is 3.57. The summed E-state index contributed by atoms with van der Waals surface area (Å²) in [5, 5.41) is 0. The number of hydrogen-bond donors (Lipinski definition) is 0. The van der Waals surface area contributed by atoms with Gasteiger partial charge in [-0.3, -0.25) is 4.79 Å². The molecular formula is C20H34N2O2. The monoisotopic (exact) mass is 334 g/mol. The average molecular weight is 335 g/mol. The normalized spacial score (nSPS) is 21.2. The predicted octanol–water partition coefficient (Wildman–Crippen LogP) is 2.77. The second-order valence-electron chi connectivity index (χ2n) is 7.72. The second kappa shape index (κ2) is 9.44. The molecule has 2 heterocycles. The lowest BCUT2D eigenvalue weighted by Gasteiger charge is -2.38. The molecule has 0 bridgehead atoms. The van der Waals surface area contributed by atoms with E-state index in [0.717, 1.165) is 51.9 Å². The van der Waals surface area contributed by atoms with E-state index in [1.54, 1.807) is 0 Å². The maximum atomic E-state index is 12.7. The molecule has 0 radical (unpaired) electrons. The summed E-state index contributed by atoms with van der Waals surface area (Å²) in [7, 11) is 0. The molecule has 2 aliphatic heterocycles. The highest BCUT2D eigenvalue weighted by atomic mass is 16.5. The molecule has 1 amide bonds. The van der Waals surface area contributed by atoms with Crippen LogP contribution in [0, 0.1) is 23.7 Å². The number of hydrogen-bond acceptors (Lipinski definition) is 3. The molecule has 2 saturated heterocycles.